The van der Waals surface area contributed by atoms with Crippen LogP contribution in [0.25, 0.3) is 0 Å². The van der Waals surface area contributed by atoms with Crippen molar-refractivity contribution in [2.45, 2.75) is 26.4 Å². The number of rotatable bonds is 8. The van der Waals surface area contributed by atoms with Gasteiger partial charge in [0.15, 0.2) is 0 Å². The van der Waals surface area contributed by atoms with E-state index in [1.165, 1.54) is 0 Å². The van der Waals surface area contributed by atoms with Crippen LogP contribution in [0.1, 0.15) is 20.8 Å². The smallest absolute Gasteiger partial charge is 0.407 e. The van der Waals surface area contributed by atoms with E-state index in [-0.39, 0.29) is 13.2 Å². The lowest BCUT2D eigenvalue weighted by Gasteiger charge is -2.19. The van der Waals surface area contributed by atoms with Crippen LogP contribution in [0.4, 0.5) is 4.79 Å². The van der Waals surface area contributed by atoms with Gasteiger partial charge in [0.1, 0.15) is 5.60 Å². The molecule has 0 rings (SSSR count). The third kappa shape index (κ3) is 12.7. The molecule has 0 aromatic rings. The molecular weight excluding hydrogens is 242 g/mol. The molecule has 0 saturated carbocycles. The first kappa shape index (κ1) is 16.7. The summed E-state index contributed by atoms with van der Waals surface area (Å²) in [5.41, 5.74) is -0.524. The summed E-state index contributed by atoms with van der Waals surface area (Å²) in [6, 6.07) is 0. The highest BCUT2D eigenvalue weighted by molar-refractivity contribution is 5.67. The monoisotopic (exact) mass is 262 g/mol. The van der Waals surface area contributed by atoms with Crippen molar-refractivity contribution in [2.24, 2.45) is 0 Å². The first-order valence-electron chi connectivity index (χ1n) is 5.63. The predicted molar refractivity (Wildman–Crippen MR) is 60.9 cm³/mol. The van der Waals surface area contributed by atoms with Gasteiger partial charge in [-0.15, -0.1) is 0 Å². The Kier molecular flexibility index (Phi) is 8.06. The van der Waals surface area contributed by atoms with E-state index in [2.05, 4.69) is 10.1 Å². The van der Waals surface area contributed by atoms with Gasteiger partial charge in [0.25, 0.3) is 0 Å². The second-order valence-electron chi connectivity index (χ2n) is 4.47. The normalized spacial score (nSPS) is 11.1. The maximum absolute atomic E-state index is 11.2. The van der Waals surface area contributed by atoms with Crippen LogP contribution in [0.15, 0.2) is 0 Å². The Bertz CT molecular complexity index is 261. The van der Waals surface area contributed by atoms with Crippen LogP contribution in [0.5, 0.6) is 0 Å². The van der Waals surface area contributed by atoms with E-state index in [0.29, 0.717) is 13.2 Å². The summed E-state index contributed by atoms with van der Waals surface area (Å²) in [6.07, 6.45) is -0.501. The van der Waals surface area contributed by atoms with Crippen molar-refractivity contribution in [1.29, 1.82) is 0 Å². The van der Waals surface area contributed by atoms with Crippen molar-refractivity contribution < 1.29 is 28.9 Å². The van der Waals surface area contributed by atoms with Gasteiger partial charge in [0.05, 0.1) is 32.4 Å². The molecule has 18 heavy (non-hydrogen) atoms. The fourth-order valence-electron chi connectivity index (χ4n) is 0.915. The molecule has 0 fully saturated rings. The van der Waals surface area contributed by atoms with Crippen LogP contribution < -0.4 is 10.4 Å². The Morgan fingerprint density at radius 2 is 1.72 bits per heavy atom. The molecule has 0 unspecified atom stereocenters. The van der Waals surface area contributed by atoms with Gasteiger partial charge in [-0.1, -0.05) is 0 Å². The van der Waals surface area contributed by atoms with E-state index in [1.807, 2.05) is 0 Å². The third-order valence-electron chi connectivity index (χ3n) is 1.51. The lowest BCUT2D eigenvalue weighted by molar-refractivity contribution is -0.309. The summed E-state index contributed by atoms with van der Waals surface area (Å²) >= 11 is 0. The number of aliphatic carboxylic acids is 1. The quantitative estimate of drug-likeness (QED) is 0.581. The molecule has 0 atom stereocenters. The highest BCUT2D eigenvalue weighted by atomic mass is 16.6. The number of carboxylic acids is 1. The largest absolute Gasteiger partial charge is 0.548 e. The molecule has 0 aliphatic heterocycles. The molecule has 106 valence electrons. The molecule has 0 saturated heterocycles. The van der Waals surface area contributed by atoms with Crippen molar-refractivity contribution in [3.63, 3.8) is 0 Å². The lowest BCUT2D eigenvalue weighted by atomic mass is 10.2. The number of nitrogens with one attached hydrogen (secondary N) is 1. The number of ether oxygens (including phenoxy) is 3. The van der Waals surface area contributed by atoms with Crippen LogP contribution in [0, 0.1) is 0 Å². The lowest BCUT2D eigenvalue weighted by Crippen LogP contribution is -2.34. The molecule has 0 spiro atoms. The van der Waals surface area contributed by atoms with E-state index in [1.54, 1.807) is 20.8 Å². The van der Waals surface area contributed by atoms with Gasteiger partial charge in [-0.2, -0.15) is 0 Å². The Balaban J connectivity index is 3.30. The van der Waals surface area contributed by atoms with Crippen LogP contribution in [-0.2, 0) is 19.0 Å². The summed E-state index contributed by atoms with van der Waals surface area (Å²) in [4.78, 5) is 21.2. The fourth-order valence-corrected chi connectivity index (χ4v) is 0.915. The van der Waals surface area contributed by atoms with E-state index in [9.17, 15) is 14.7 Å². The van der Waals surface area contributed by atoms with Gasteiger partial charge < -0.3 is 29.4 Å². The van der Waals surface area contributed by atoms with Crippen LogP contribution in [0.3, 0.4) is 0 Å². The van der Waals surface area contributed by atoms with Gasteiger partial charge in [-0.25, -0.2) is 4.79 Å². The van der Waals surface area contributed by atoms with Gasteiger partial charge in [-0.05, 0) is 20.8 Å². The molecule has 7 nitrogen and oxygen atoms in total. The number of hydrogen-bond acceptors (Lipinski definition) is 6. The number of carboxylic acid groups (broad SMARTS) is 1. The topological polar surface area (TPSA) is 96.9 Å². The fraction of sp³-hybridized carbons (Fsp3) is 0.818. The zero-order valence-electron chi connectivity index (χ0n) is 11.0. The zero-order chi connectivity index (χ0) is 14.0. The van der Waals surface area contributed by atoms with Crippen molar-refractivity contribution >= 4 is 12.1 Å². The van der Waals surface area contributed by atoms with Gasteiger partial charge in [-0.3, -0.25) is 0 Å². The number of hydrogen-bond donors (Lipinski definition) is 1. The number of carbonyl (C=O) groups is 2. The van der Waals surface area contributed by atoms with Crippen molar-refractivity contribution in [2.75, 3.05) is 33.0 Å². The molecule has 0 heterocycles. The number of alkyl carbamates (subject to hydrolysis) is 1. The zero-order valence-corrected chi connectivity index (χ0v) is 11.0. The van der Waals surface area contributed by atoms with Crippen molar-refractivity contribution in [3.05, 3.63) is 0 Å². The Hall–Kier alpha value is -1.34. The molecule has 0 aliphatic rings. The second kappa shape index (κ2) is 8.71. The standard InChI is InChI=1S/C11H21NO6/c1-11(2,3)18-10(15)12-4-5-16-6-7-17-8-9(13)14/h4-8H2,1-3H3,(H,12,15)(H,13,14)/p-1. The Morgan fingerprint density at radius 3 is 2.28 bits per heavy atom. The second-order valence-corrected chi connectivity index (χ2v) is 4.47. The summed E-state index contributed by atoms with van der Waals surface area (Å²) in [5.74, 6) is -1.26. The Labute approximate surface area is 106 Å². The van der Waals surface area contributed by atoms with Crippen LogP contribution in [-0.4, -0.2) is 50.6 Å². The molecule has 0 aliphatic carbocycles. The molecule has 0 bridgehead atoms. The molecule has 1 amide bonds. The summed E-state index contributed by atoms with van der Waals surface area (Å²) in [5, 5.41) is 12.5. The number of carbonyl (C=O) groups excluding carboxylic acids is 2. The van der Waals surface area contributed by atoms with Crippen LogP contribution in [0.2, 0.25) is 0 Å². The van der Waals surface area contributed by atoms with Gasteiger partial charge in [0, 0.05) is 6.54 Å². The minimum atomic E-state index is -1.26. The summed E-state index contributed by atoms with van der Waals surface area (Å²) < 4.78 is 14.8. The highest BCUT2D eigenvalue weighted by Gasteiger charge is 2.15. The third-order valence-corrected chi connectivity index (χ3v) is 1.51. The average Bonchev–Trinajstić information content (AvgIpc) is 2.18. The molecule has 1 N–H and O–H groups in total. The van der Waals surface area contributed by atoms with Crippen molar-refractivity contribution in [1.82, 2.24) is 5.32 Å². The van der Waals surface area contributed by atoms with E-state index in [0.717, 1.165) is 0 Å². The SMILES string of the molecule is CC(C)(C)OC(=O)NCCOCCOCC(=O)[O-]. The maximum Gasteiger partial charge on any atom is 0.407 e. The molecule has 0 aromatic carbocycles. The molecule has 0 radical (unpaired) electrons. The number of amides is 1. The Morgan fingerprint density at radius 1 is 1.11 bits per heavy atom. The van der Waals surface area contributed by atoms with E-state index in [4.69, 9.17) is 9.47 Å². The highest BCUT2D eigenvalue weighted by Crippen LogP contribution is 2.05. The average molecular weight is 262 g/mol. The van der Waals surface area contributed by atoms with E-state index >= 15 is 0 Å². The molecule has 7 heteroatoms. The first-order chi connectivity index (χ1) is 8.31. The minimum absolute atomic E-state index is 0.167. The maximum atomic E-state index is 11.2. The van der Waals surface area contributed by atoms with Gasteiger partial charge >= 0.3 is 6.09 Å². The summed E-state index contributed by atoms with van der Waals surface area (Å²) in [7, 11) is 0. The predicted octanol–water partition coefficient (Wildman–Crippen LogP) is -0.706. The van der Waals surface area contributed by atoms with Crippen LogP contribution >= 0.6 is 0 Å². The van der Waals surface area contributed by atoms with Gasteiger partial charge in [0.2, 0.25) is 0 Å². The molecular formula is C11H20NO6-. The first-order valence-corrected chi connectivity index (χ1v) is 5.63. The van der Waals surface area contributed by atoms with E-state index < -0.39 is 24.3 Å². The summed E-state index contributed by atoms with van der Waals surface area (Å²) in [6.45, 7) is 5.92. The molecule has 0 aromatic heterocycles. The minimum Gasteiger partial charge on any atom is -0.548 e. The van der Waals surface area contributed by atoms with Crippen molar-refractivity contribution in [3.8, 4) is 0 Å².